The van der Waals surface area contributed by atoms with E-state index in [0.29, 0.717) is 22.6 Å². The van der Waals surface area contributed by atoms with Gasteiger partial charge in [-0.2, -0.15) is 0 Å². The van der Waals surface area contributed by atoms with Gasteiger partial charge in [0, 0.05) is 25.3 Å². The number of fused-ring (bicyclic) bond motifs is 1. The van der Waals surface area contributed by atoms with E-state index in [1.165, 1.54) is 12.3 Å². The van der Waals surface area contributed by atoms with Crippen molar-refractivity contribution in [2.24, 2.45) is 0 Å². The third kappa shape index (κ3) is 3.52. The van der Waals surface area contributed by atoms with Crippen LogP contribution in [0.3, 0.4) is 0 Å². The second-order valence-corrected chi connectivity index (χ2v) is 6.86. The summed E-state index contributed by atoms with van der Waals surface area (Å²) in [6, 6.07) is 14.1. The van der Waals surface area contributed by atoms with Crippen molar-refractivity contribution < 1.29 is 23.5 Å². The molecule has 146 valence electrons. The van der Waals surface area contributed by atoms with Crippen molar-refractivity contribution in [3.8, 4) is 11.5 Å². The highest BCUT2D eigenvalue weighted by Gasteiger charge is 2.30. The molecule has 4 rings (SSSR count). The molecule has 6 nitrogen and oxygen atoms in total. The third-order valence-corrected chi connectivity index (χ3v) is 4.67. The van der Waals surface area contributed by atoms with Crippen molar-refractivity contribution in [2.75, 3.05) is 19.0 Å². The highest BCUT2D eigenvalue weighted by Crippen LogP contribution is 2.39. The second-order valence-electron chi connectivity index (χ2n) is 6.86. The Morgan fingerprint density at radius 3 is 2.48 bits per heavy atom. The Morgan fingerprint density at radius 1 is 1.07 bits per heavy atom. The highest BCUT2D eigenvalue weighted by atomic mass is 16.5. The van der Waals surface area contributed by atoms with Gasteiger partial charge >= 0.3 is 5.97 Å². The zero-order chi connectivity index (χ0) is 20.5. The zero-order valence-electron chi connectivity index (χ0n) is 16.3. The standard InChI is InChI=1S/C23H19NO5/c1-14-18(29-23(26)19-5-4-12-27-19)11-10-17-21(25)20(28-22(14)17)13-15-6-8-16(9-7-15)24(2)3/h4-13H,1-3H3/b20-13-. The number of esters is 1. The first-order chi connectivity index (χ1) is 13.9. The molecule has 29 heavy (non-hydrogen) atoms. The van der Waals surface area contributed by atoms with Crippen molar-refractivity contribution in [3.63, 3.8) is 0 Å². The predicted molar refractivity (Wildman–Crippen MR) is 109 cm³/mol. The quantitative estimate of drug-likeness (QED) is 0.372. The molecule has 6 heteroatoms. The minimum absolute atomic E-state index is 0.101. The molecule has 0 fully saturated rings. The first-order valence-corrected chi connectivity index (χ1v) is 9.05. The maximum atomic E-state index is 12.7. The van der Waals surface area contributed by atoms with Crippen LogP contribution in [0.1, 0.15) is 32.0 Å². The van der Waals surface area contributed by atoms with Gasteiger partial charge in [0.05, 0.1) is 11.8 Å². The molecule has 1 aliphatic heterocycles. The molecule has 1 aromatic heterocycles. The normalized spacial score (nSPS) is 13.9. The summed E-state index contributed by atoms with van der Waals surface area (Å²) in [5, 5.41) is 0. The molecule has 1 aliphatic rings. The number of ether oxygens (including phenoxy) is 2. The van der Waals surface area contributed by atoms with E-state index in [9.17, 15) is 9.59 Å². The number of Topliss-reactive ketones (excluding diaryl/α,β-unsaturated/α-hetero) is 1. The number of anilines is 1. The van der Waals surface area contributed by atoms with E-state index in [-0.39, 0.29) is 17.3 Å². The second kappa shape index (κ2) is 7.31. The average Bonchev–Trinajstić information content (AvgIpc) is 3.34. The van der Waals surface area contributed by atoms with Crippen LogP contribution in [0.15, 0.2) is 65.0 Å². The number of hydrogen-bond donors (Lipinski definition) is 0. The lowest BCUT2D eigenvalue weighted by Gasteiger charge is -2.12. The van der Waals surface area contributed by atoms with Gasteiger partial charge in [-0.15, -0.1) is 0 Å². The Labute approximate surface area is 168 Å². The number of hydrogen-bond acceptors (Lipinski definition) is 6. The van der Waals surface area contributed by atoms with Crippen LogP contribution in [0.25, 0.3) is 6.08 Å². The summed E-state index contributed by atoms with van der Waals surface area (Å²) in [6.07, 6.45) is 3.10. The minimum Gasteiger partial charge on any atom is -0.457 e. The average molecular weight is 389 g/mol. The van der Waals surface area contributed by atoms with Crippen molar-refractivity contribution in [2.45, 2.75) is 6.92 Å². The molecule has 2 aromatic carbocycles. The number of carbonyl (C=O) groups excluding carboxylic acids is 2. The molecule has 0 N–H and O–H groups in total. The first-order valence-electron chi connectivity index (χ1n) is 9.05. The van der Waals surface area contributed by atoms with Gasteiger partial charge in [0.1, 0.15) is 11.5 Å². The lowest BCUT2D eigenvalue weighted by Crippen LogP contribution is -2.08. The maximum Gasteiger partial charge on any atom is 0.379 e. The van der Waals surface area contributed by atoms with Gasteiger partial charge in [-0.25, -0.2) is 4.79 Å². The van der Waals surface area contributed by atoms with Crippen molar-refractivity contribution in [1.29, 1.82) is 0 Å². The van der Waals surface area contributed by atoms with Crippen molar-refractivity contribution >= 4 is 23.5 Å². The van der Waals surface area contributed by atoms with E-state index < -0.39 is 5.97 Å². The van der Waals surface area contributed by atoms with Gasteiger partial charge in [0.15, 0.2) is 5.76 Å². The number of allylic oxidation sites excluding steroid dienone is 1. The van der Waals surface area contributed by atoms with E-state index in [4.69, 9.17) is 13.9 Å². The van der Waals surface area contributed by atoms with E-state index >= 15 is 0 Å². The van der Waals surface area contributed by atoms with Crippen molar-refractivity contribution in [3.05, 3.63) is 83.0 Å². The van der Waals surface area contributed by atoms with Gasteiger partial charge in [-0.3, -0.25) is 4.79 Å². The fraction of sp³-hybridized carbons (Fsp3) is 0.130. The Morgan fingerprint density at radius 2 is 1.83 bits per heavy atom. The zero-order valence-corrected chi connectivity index (χ0v) is 16.3. The summed E-state index contributed by atoms with van der Waals surface area (Å²) >= 11 is 0. The van der Waals surface area contributed by atoms with Crippen LogP contribution in [-0.2, 0) is 0 Å². The van der Waals surface area contributed by atoms with E-state index in [2.05, 4.69) is 0 Å². The molecule has 2 heterocycles. The van der Waals surface area contributed by atoms with Gasteiger partial charge in [0.25, 0.3) is 0 Å². The molecule has 0 radical (unpaired) electrons. The molecule has 0 saturated carbocycles. The molecule has 0 spiro atoms. The molecule has 0 unspecified atom stereocenters. The van der Waals surface area contributed by atoms with Gasteiger partial charge in [0.2, 0.25) is 11.5 Å². The Kier molecular flexibility index (Phi) is 4.68. The molecule has 0 saturated heterocycles. The van der Waals surface area contributed by atoms with Crippen LogP contribution in [0.5, 0.6) is 11.5 Å². The summed E-state index contributed by atoms with van der Waals surface area (Å²) in [4.78, 5) is 26.9. The first kappa shape index (κ1) is 18.6. The SMILES string of the molecule is Cc1c(OC(=O)c2ccco2)ccc2c1O/C(=C\c1ccc(N(C)C)cc1)C2=O. The largest absolute Gasteiger partial charge is 0.457 e. The topological polar surface area (TPSA) is 69.0 Å². The number of nitrogens with zero attached hydrogens (tertiary/aromatic N) is 1. The Balaban J connectivity index is 1.59. The van der Waals surface area contributed by atoms with Crippen LogP contribution >= 0.6 is 0 Å². The Hall–Kier alpha value is -3.80. The van der Waals surface area contributed by atoms with E-state index in [0.717, 1.165) is 11.3 Å². The lowest BCUT2D eigenvalue weighted by atomic mass is 10.1. The van der Waals surface area contributed by atoms with Crippen LogP contribution in [0, 0.1) is 6.92 Å². The summed E-state index contributed by atoms with van der Waals surface area (Å²) < 4.78 is 16.3. The minimum atomic E-state index is -0.612. The fourth-order valence-corrected chi connectivity index (χ4v) is 3.04. The van der Waals surface area contributed by atoms with Crippen LogP contribution < -0.4 is 14.4 Å². The molecule has 0 atom stereocenters. The third-order valence-electron chi connectivity index (χ3n) is 4.67. The van der Waals surface area contributed by atoms with Gasteiger partial charge < -0.3 is 18.8 Å². The monoisotopic (exact) mass is 389 g/mol. The fourth-order valence-electron chi connectivity index (χ4n) is 3.04. The lowest BCUT2D eigenvalue weighted by molar-refractivity contribution is 0.0700. The van der Waals surface area contributed by atoms with Crippen LogP contribution in [-0.4, -0.2) is 25.8 Å². The summed E-state index contributed by atoms with van der Waals surface area (Å²) in [7, 11) is 3.93. The number of carbonyl (C=O) groups is 2. The summed E-state index contributed by atoms with van der Waals surface area (Å²) in [6.45, 7) is 1.74. The molecular weight excluding hydrogens is 370 g/mol. The number of furan rings is 1. The Bertz CT molecular complexity index is 1110. The number of benzene rings is 2. The van der Waals surface area contributed by atoms with Gasteiger partial charge in [-0.1, -0.05) is 12.1 Å². The molecule has 3 aromatic rings. The number of ketones is 1. The molecule has 0 aliphatic carbocycles. The summed E-state index contributed by atoms with van der Waals surface area (Å²) in [5.41, 5.74) is 2.93. The van der Waals surface area contributed by atoms with Gasteiger partial charge in [-0.05, 0) is 55.0 Å². The molecular formula is C23H19NO5. The smallest absolute Gasteiger partial charge is 0.379 e. The molecule has 0 amide bonds. The van der Waals surface area contributed by atoms with Crippen LogP contribution in [0.4, 0.5) is 5.69 Å². The maximum absolute atomic E-state index is 12.7. The van der Waals surface area contributed by atoms with E-state index in [1.807, 2.05) is 43.3 Å². The predicted octanol–water partition coefficient (Wildman–Crippen LogP) is 4.49. The van der Waals surface area contributed by atoms with Crippen LogP contribution in [0.2, 0.25) is 0 Å². The number of rotatable bonds is 4. The van der Waals surface area contributed by atoms with E-state index in [1.54, 1.807) is 31.2 Å². The molecule has 0 bridgehead atoms. The summed E-state index contributed by atoms with van der Waals surface area (Å²) in [5.74, 6) is 0.229. The highest BCUT2D eigenvalue weighted by molar-refractivity contribution is 6.15. The van der Waals surface area contributed by atoms with Crippen molar-refractivity contribution in [1.82, 2.24) is 0 Å².